The maximum Gasteiger partial charge on any atom is 0.262 e. The molecule has 3 aromatic carbocycles. The van der Waals surface area contributed by atoms with E-state index < -0.39 is 6.17 Å². The van der Waals surface area contributed by atoms with Gasteiger partial charge in [0, 0.05) is 11.4 Å². The summed E-state index contributed by atoms with van der Waals surface area (Å²) >= 11 is 0. The fourth-order valence-electron chi connectivity index (χ4n) is 3.14. The molecule has 1 heterocycles. The minimum Gasteiger partial charge on any atom is -0.360 e. The molecule has 3 aromatic rings. The average molecular weight is 332 g/mol. The minimum absolute atomic E-state index is 0.104. The van der Waals surface area contributed by atoms with Crippen molar-refractivity contribution in [1.29, 1.82) is 0 Å². The molecule has 0 fully saturated rings. The van der Waals surface area contributed by atoms with Crippen LogP contribution in [0.2, 0.25) is 0 Å². The lowest BCUT2D eigenvalue weighted by molar-refractivity contribution is 0.0975. The zero-order chi connectivity index (χ0) is 17.4. The highest BCUT2D eigenvalue weighted by molar-refractivity contribution is 6.12. The number of hydrogen-bond acceptors (Lipinski definition) is 2. The van der Waals surface area contributed by atoms with Gasteiger partial charge < -0.3 is 5.32 Å². The molecule has 0 bridgehead atoms. The maximum atomic E-state index is 13.8. The Morgan fingerprint density at radius 1 is 0.960 bits per heavy atom. The van der Waals surface area contributed by atoms with Crippen LogP contribution in [0.3, 0.4) is 0 Å². The second-order valence-corrected chi connectivity index (χ2v) is 6.16. The molecule has 1 aliphatic rings. The number of carbonyl (C=O) groups excluding carboxylic acids is 1. The number of para-hydroxylation sites is 1. The Hall–Kier alpha value is -3.14. The third kappa shape index (κ3) is 2.76. The van der Waals surface area contributed by atoms with Gasteiger partial charge in [0.25, 0.3) is 5.91 Å². The Balaban J connectivity index is 1.87. The van der Waals surface area contributed by atoms with Crippen LogP contribution in [-0.2, 0) is 0 Å². The van der Waals surface area contributed by atoms with Gasteiger partial charge >= 0.3 is 0 Å². The van der Waals surface area contributed by atoms with Crippen LogP contribution in [0.4, 0.5) is 15.8 Å². The van der Waals surface area contributed by atoms with Crippen LogP contribution in [0.5, 0.6) is 0 Å². The summed E-state index contributed by atoms with van der Waals surface area (Å²) in [4.78, 5) is 14.8. The molecule has 4 heteroatoms. The summed E-state index contributed by atoms with van der Waals surface area (Å²) in [6, 6.07) is 21.5. The topological polar surface area (TPSA) is 32.3 Å². The summed E-state index contributed by atoms with van der Waals surface area (Å²) in [6.45, 7) is 2.00. The third-order valence-corrected chi connectivity index (χ3v) is 4.40. The number of aryl methyl sites for hydroxylation is 1. The first kappa shape index (κ1) is 15.4. The molecule has 25 heavy (non-hydrogen) atoms. The summed E-state index contributed by atoms with van der Waals surface area (Å²) in [6.07, 6.45) is -0.471. The molecule has 124 valence electrons. The molecule has 0 radical (unpaired) electrons. The maximum absolute atomic E-state index is 13.8. The minimum atomic E-state index is -0.471. The highest BCUT2D eigenvalue weighted by Crippen LogP contribution is 2.36. The van der Waals surface area contributed by atoms with Gasteiger partial charge in [-0.1, -0.05) is 42.0 Å². The Labute approximate surface area is 145 Å². The van der Waals surface area contributed by atoms with E-state index in [2.05, 4.69) is 5.32 Å². The van der Waals surface area contributed by atoms with Gasteiger partial charge in [-0.25, -0.2) is 4.39 Å². The Bertz CT molecular complexity index is 937. The van der Waals surface area contributed by atoms with Gasteiger partial charge in [-0.3, -0.25) is 9.69 Å². The Kier molecular flexibility index (Phi) is 3.73. The van der Waals surface area contributed by atoms with Crippen molar-refractivity contribution in [3.05, 3.63) is 95.3 Å². The fraction of sp³-hybridized carbons (Fsp3) is 0.0952. The summed E-state index contributed by atoms with van der Waals surface area (Å²) in [5.74, 6) is -0.429. The fourth-order valence-corrected chi connectivity index (χ4v) is 3.14. The largest absolute Gasteiger partial charge is 0.360 e. The van der Waals surface area contributed by atoms with Crippen LogP contribution >= 0.6 is 0 Å². The standard InChI is InChI=1S/C21H17FN2O/c1-14-9-11-17(12-10-14)24-20(15-5-4-6-16(22)13-15)23-19-8-3-2-7-18(19)21(24)25/h2-13,20,23H,1H3/t20-/m0/s1. The first-order valence-corrected chi connectivity index (χ1v) is 8.15. The lowest BCUT2D eigenvalue weighted by atomic mass is 10.0. The first-order valence-electron chi connectivity index (χ1n) is 8.15. The van der Waals surface area contributed by atoms with Crippen LogP contribution in [0.1, 0.15) is 27.7 Å². The molecule has 1 aliphatic heterocycles. The van der Waals surface area contributed by atoms with E-state index in [0.717, 1.165) is 16.9 Å². The lowest BCUT2D eigenvalue weighted by Crippen LogP contribution is -2.43. The molecular formula is C21H17FN2O. The van der Waals surface area contributed by atoms with E-state index in [1.165, 1.54) is 12.1 Å². The predicted octanol–water partition coefficient (Wildman–Crippen LogP) is 4.91. The number of anilines is 2. The Morgan fingerprint density at radius 2 is 1.72 bits per heavy atom. The monoisotopic (exact) mass is 332 g/mol. The molecular weight excluding hydrogens is 315 g/mol. The SMILES string of the molecule is Cc1ccc(N2C(=O)c3ccccc3N[C@@H]2c2cccc(F)c2)cc1. The van der Waals surface area contributed by atoms with Crippen molar-refractivity contribution in [2.45, 2.75) is 13.1 Å². The molecule has 1 N–H and O–H groups in total. The number of rotatable bonds is 2. The second kappa shape index (κ2) is 6.06. The highest BCUT2D eigenvalue weighted by Gasteiger charge is 2.34. The zero-order valence-electron chi connectivity index (χ0n) is 13.7. The molecule has 0 saturated carbocycles. The summed E-state index contributed by atoms with van der Waals surface area (Å²) in [7, 11) is 0. The first-order chi connectivity index (χ1) is 12.1. The molecule has 0 aliphatic carbocycles. The van der Waals surface area contributed by atoms with Crippen molar-refractivity contribution in [3.8, 4) is 0 Å². The van der Waals surface area contributed by atoms with Crippen molar-refractivity contribution < 1.29 is 9.18 Å². The van der Waals surface area contributed by atoms with Gasteiger partial charge in [0.1, 0.15) is 12.0 Å². The van der Waals surface area contributed by atoms with Crippen molar-refractivity contribution in [1.82, 2.24) is 0 Å². The van der Waals surface area contributed by atoms with E-state index in [1.807, 2.05) is 55.5 Å². The molecule has 1 atom stereocenters. The van der Waals surface area contributed by atoms with E-state index in [-0.39, 0.29) is 11.7 Å². The van der Waals surface area contributed by atoms with E-state index in [1.54, 1.807) is 17.0 Å². The highest BCUT2D eigenvalue weighted by atomic mass is 19.1. The van der Waals surface area contributed by atoms with Crippen LogP contribution < -0.4 is 10.2 Å². The smallest absolute Gasteiger partial charge is 0.262 e. The van der Waals surface area contributed by atoms with Crippen LogP contribution in [0.25, 0.3) is 0 Å². The molecule has 1 amide bonds. The number of benzene rings is 3. The second-order valence-electron chi connectivity index (χ2n) is 6.16. The number of nitrogens with zero attached hydrogens (tertiary/aromatic N) is 1. The summed E-state index contributed by atoms with van der Waals surface area (Å²) in [5.41, 5.74) is 3.94. The van der Waals surface area contributed by atoms with Gasteiger partial charge in [0.15, 0.2) is 0 Å². The third-order valence-electron chi connectivity index (χ3n) is 4.40. The van der Waals surface area contributed by atoms with E-state index in [9.17, 15) is 9.18 Å². The van der Waals surface area contributed by atoms with Gasteiger partial charge in [0.2, 0.25) is 0 Å². The molecule has 0 saturated heterocycles. The molecule has 0 spiro atoms. The number of carbonyl (C=O) groups is 1. The normalized spacial score (nSPS) is 16.3. The molecule has 4 rings (SSSR count). The molecule has 3 nitrogen and oxygen atoms in total. The molecule has 0 aromatic heterocycles. The van der Waals surface area contributed by atoms with Gasteiger partial charge in [-0.15, -0.1) is 0 Å². The predicted molar refractivity (Wildman–Crippen MR) is 97.2 cm³/mol. The van der Waals surface area contributed by atoms with Crippen LogP contribution in [0.15, 0.2) is 72.8 Å². The van der Waals surface area contributed by atoms with Crippen molar-refractivity contribution in [2.75, 3.05) is 10.2 Å². The van der Waals surface area contributed by atoms with Crippen LogP contribution in [0, 0.1) is 12.7 Å². The molecule has 0 unspecified atom stereocenters. The Morgan fingerprint density at radius 3 is 2.48 bits per heavy atom. The quantitative estimate of drug-likeness (QED) is 0.723. The summed E-state index contributed by atoms with van der Waals surface area (Å²) in [5, 5.41) is 3.37. The van der Waals surface area contributed by atoms with E-state index >= 15 is 0 Å². The number of fused-ring (bicyclic) bond motifs is 1. The van der Waals surface area contributed by atoms with Crippen molar-refractivity contribution >= 4 is 17.3 Å². The van der Waals surface area contributed by atoms with Crippen molar-refractivity contribution in [3.63, 3.8) is 0 Å². The summed E-state index contributed by atoms with van der Waals surface area (Å²) < 4.78 is 13.8. The van der Waals surface area contributed by atoms with Crippen LogP contribution in [-0.4, -0.2) is 5.91 Å². The number of hydrogen-bond donors (Lipinski definition) is 1. The van der Waals surface area contributed by atoms with Gasteiger partial charge in [-0.05, 0) is 48.9 Å². The van der Waals surface area contributed by atoms with Gasteiger partial charge in [-0.2, -0.15) is 0 Å². The zero-order valence-corrected chi connectivity index (χ0v) is 13.7. The van der Waals surface area contributed by atoms with Gasteiger partial charge in [0.05, 0.1) is 5.56 Å². The number of nitrogens with one attached hydrogen (secondary N) is 1. The lowest BCUT2D eigenvalue weighted by Gasteiger charge is -2.38. The van der Waals surface area contributed by atoms with E-state index in [4.69, 9.17) is 0 Å². The number of halogens is 1. The number of amides is 1. The van der Waals surface area contributed by atoms with Crippen molar-refractivity contribution in [2.24, 2.45) is 0 Å². The average Bonchev–Trinajstić information content (AvgIpc) is 2.63. The van der Waals surface area contributed by atoms with E-state index in [0.29, 0.717) is 11.1 Å².